The van der Waals surface area contributed by atoms with E-state index in [1.54, 1.807) is 0 Å². The van der Waals surface area contributed by atoms with E-state index >= 15 is 0 Å². The molecule has 4 rings (SSSR count). The van der Waals surface area contributed by atoms with Crippen LogP contribution in [0.25, 0.3) is 0 Å². The van der Waals surface area contributed by atoms with Gasteiger partial charge in [0.05, 0.1) is 0 Å². The van der Waals surface area contributed by atoms with Crippen LogP contribution < -0.4 is 11.1 Å². The smallest absolute Gasteiger partial charge is 0.256 e. The summed E-state index contributed by atoms with van der Waals surface area (Å²) < 4.78 is 0. The molecule has 0 aromatic carbocycles. The summed E-state index contributed by atoms with van der Waals surface area (Å²) in [6.45, 7) is 4.73. The zero-order valence-corrected chi connectivity index (χ0v) is 14.2. The highest BCUT2D eigenvalue weighted by atomic mass is 16.2. The summed E-state index contributed by atoms with van der Waals surface area (Å²) >= 11 is 0. The molecule has 4 heteroatoms. The molecule has 3 fully saturated rings. The Hall–Kier alpha value is -1.32. The number of nitrogens with one attached hydrogen (secondary N) is 1. The van der Waals surface area contributed by atoms with E-state index in [1.807, 2.05) is 6.08 Å². The highest BCUT2D eigenvalue weighted by molar-refractivity contribution is 6.18. The third-order valence-corrected chi connectivity index (χ3v) is 7.83. The number of primary amides is 1. The number of fused-ring (bicyclic) bond motifs is 5. The first-order valence-electron chi connectivity index (χ1n) is 9.19. The number of nitrogens with two attached hydrogens (primary N) is 1. The van der Waals surface area contributed by atoms with Crippen molar-refractivity contribution in [1.29, 1.82) is 0 Å². The molecular formula is C19H28N2O2. The van der Waals surface area contributed by atoms with Crippen molar-refractivity contribution in [3.05, 3.63) is 11.6 Å². The molecule has 0 saturated heterocycles. The van der Waals surface area contributed by atoms with E-state index in [9.17, 15) is 9.59 Å². The molecule has 0 aromatic rings. The predicted octanol–water partition coefficient (Wildman–Crippen LogP) is 2.53. The Labute approximate surface area is 138 Å². The minimum Gasteiger partial charge on any atom is -0.365 e. The molecule has 1 unspecified atom stereocenters. The van der Waals surface area contributed by atoms with E-state index in [1.165, 1.54) is 38.5 Å². The van der Waals surface area contributed by atoms with Crippen molar-refractivity contribution in [3.8, 4) is 0 Å². The second kappa shape index (κ2) is 4.84. The first kappa shape index (κ1) is 15.2. The molecule has 3 saturated carbocycles. The Kier molecular flexibility index (Phi) is 3.20. The van der Waals surface area contributed by atoms with E-state index in [2.05, 4.69) is 19.2 Å². The van der Waals surface area contributed by atoms with Gasteiger partial charge in [-0.25, -0.2) is 0 Å². The molecule has 0 radical (unpaired) electrons. The molecule has 0 bridgehead atoms. The molecule has 1 heterocycles. The Morgan fingerprint density at radius 1 is 1.17 bits per heavy atom. The van der Waals surface area contributed by atoms with Crippen molar-refractivity contribution in [2.24, 2.45) is 34.3 Å². The van der Waals surface area contributed by atoms with Gasteiger partial charge in [0.2, 0.25) is 0 Å². The van der Waals surface area contributed by atoms with Gasteiger partial charge in [0.15, 0.2) is 0 Å². The average molecular weight is 316 g/mol. The minimum atomic E-state index is -0.592. The van der Waals surface area contributed by atoms with Crippen LogP contribution in [-0.2, 0) is 9.59 Å². The van der Waals surface area contributed by atoms with Gasteiger partial charge in [-0.2, -0.15) is 0 Å². The largest absolute Gasteiger partial charge is 0.365 e. The Morgan fingerprint density at radius 3 is 2.70 bits per heavy atom. The van der Waals surface area contributed by atoms with Gasteiger partial charge >= 0.3 is 0 Å². The number of carbonyl (C=O) groups excluding carboxylic acids is 2. The SMILES string of the molecule is C[C@@]12CCC[C@H]1[C@@H]1CCC3NC(=O)C(C(N)=O)=C[C@]3(C)[C@@H]1CC2. The van der Waals surface area contributed by atoms with Crippen LogP contribution in [0.4, 0.5) is 0 Å². The van der Waals surface area contributed by atoms with Crippen LogP contribution in [0.2, 0.25) is 0 Å². The summed E-state index contributed by atoms with van der Waals surface area (Å²) in [4.78, 5) is 23.8. The fourth-order valence-electron chi connectivity index (χ4n) is 6.61. The monoisotopic (exact) mass is 316 g/mol. The zero-order valence-electron chi connectivity index (χ0n) is 14.2. The predicted molar refractivity (Wildman–Crippen MR) is 88.2 cm³/mol. The second-order valence-corrected chi connectivity index (χ2v) is 8.85. The van der Waals surface area contributed by atoms with Crippen LogP contribution in [0.1, 0.15) is 58.8 Å². The summed E-state index contributed by atoms with van der Waals surface area (Å²) in [5, 5.41) is 3.08. The van der Waals surface area contributed by atoms with Crippen molar-refractivity contribution < 1.29 is 9.59 Å². The maximum Gasteiger partial charge on any atom is 0.256 e. The van der Waals surface area contributed by atoms with Crippen molar-refractivity contribution in [3.63, 3.8) is 0 Å². The van der Waals surface area contributed by atoms with Gasteiger partial charge in [-0.1, -0.05) is 26.3 Å². The van der Waals surface area contributed by atoms with Gasteiger partial charge in [0.1, 0.15) is 5.57 Å². The molecule has 6 atom stereocenters. The summed E-state index contributed by atoms with van der Waals surface area (Å²) in [6.07, 6.45) is 10.8. The molecule has 3 N–H and O–H groups in total. The number of hydrogen-bond acceptors (Lipinski definition) is 2. The summed E-state index contributed by atoms with van der Waals surface area (Å²) in [5.41, 5.74) is 6.02. The van der Waals surface area contributed by atoms with E-state index in [-0.39, 0.29) is 22.9 Å². The topological polar surface area (TPSA) is 72.2 Å². The van der Waals surface area contributed by atoms with Gasteiger partial charge < -0.3 is 11.1 Å². The first-order chi connectivity index (χ1) is 10.8. The van der Waals surface area contributed by atoms with Crippen molar-refractivity contribution in [1.82, 2.24) is 5.32 Å². The number of rotatable bonds is 1. The lowest BCUT2D eigenvalue weighted by Gasteiger charge is -2.58. The summed E-state index contributed by atoms with van der Waals surface area (Å²) in [5.74, 6) is 1.25. The molecule has 126 valence electrons. The lowest BCUT2D eigenvalue weighted by Crippen LogP contribution is -2.60. The minimum absolute atomic E-state index is 0.120. The average Bonchev–Trinajstić information content (AvgIpc) is 2.89. The van der Waals surface area contributed by atoms with Crippen LogP contribution in [0.3, 0.4) is 0 Å². The maximum atomic E-state index is 12.1. The van der Waals surface area contributed by atoms with Gasteiger partial charge in [-0.05, 0) is 61.7 Å². The van der Waals surface area contributed by atoms with Crippen molar-refractivity contribution in [2.45, 2.75) is 64.8 Å². The zero-order chi connectivity index (χ0) is 16.4. The molecule has 4 nitrogen and oxygen atoms in total. The Bertz CT molecular complexity index is 598. The quantitative estimate of drug-likeness (QED) is 0.730. The molecule has 2 amide bonds. The molecule has 23 heavy (non-hydrogen) atoms. The van der Waals surface area contributed by atoms with Gasteiger partial charge in [-0.3, -0.25) is 9.59 Å². The maximum absolute atomic E-state index is 12.1. The number of amides is 2. The fourth-order valence-corrected chi connectivity index (χ4v) is 6.61. The molecule has 0 aromatic heterocycles. The first-order valence-corrected chi connectivity index (χ1v) is 9.19. The Balaban J connectivity index is 1.73. The molecule has 0 spiro atoms. The summed E-state index contributed by atoms with van der Waals surface area (Å²) in [6, 6.07) is 0.158. The van der Waals surface area contributed by atoms with E-state index in [0.29, 0.717) is 11.3 Å². The highest BCUT2D eigenvalue weighted by Crippen LogP contribution is 2.63. The fraction of sp³-hybridized carbons (Fsp3) is 0.789. The lowest BCUT2D eigenvalue weighted by molar-refractivity contribution is -0.127. The van der Waals surface area contributed by atoms with Crippen LogP contribution >= 0.6 is 0 Å². The molecular weight excluding hydrogens is 288 g/mol. The molecule has 4 aliphatic rings. The van der Waals surface area contributed by atoms with Crippen LogP contribution in [0, 0.1) is 28.6 Å². The third kappa shape index (κ3) is 2.03. The van der Waals surface area contributed by atoms with Crippen LogP contribution in [0.15, 0.2) is 11.6 Å². The van der Waals surface area contributed by atoms with E-state index in [4.69, 9.17) is 5.73 Å². The highest BCUT2D eigenvalue weighted by Gasteiger charge is 2.57. The van der Waals surface area contributed by atoms with Crippen LogP contribution in [-0.4, -0.2) is 17.9 Å². The third-order valence-electron chi connectivity index (χ3n) is 7.83. The van der Waals surface area contributed by atoms with Gasteiger partial charge in [-0.15, -0.1) is 0 Å². The summed E-state index contributed by atoms with van der Waals surface area (Å²) in [7, 11) is 0. The van der Waals surface area contributed by atoms with Crippen molar-refractivity contribution >= 4 is 11.8 Å². The van der Waals surface area contributed by atoms with E-state index in [0.717, 1.165) is 18.3 Å². The van der Waals surface area contributed by atoms with Crippen LogP contribution in [0.5, 0.6) is 0 Å². The normalized spacial score (nSPS) is 48.6. The molecule has 1 aliphatic heterocycles. The van der Waals surface area contributed by atoms with Gasteiger partial charge in [0, 0.05) is 11.5 Å². The Morgan fingerprint density at radius 2 is 1.96 bits per heavy atom. The number of carbonyl (C=O) groups is 2. The van der Waals surface area contributed by atoms with Gasteiger partial charge in [0.25, 0.3) is 11.8 Å². The van der Waals surface area contributed by atoms with Crippen molar-refractivity contribution in [2.75, 3.05) is 0 Å². The number of hydrogen-bond donors (Lipinski definition) is 2. The second-order valence-electron chi connectivity index (χ2n) is 8.85. The lowest BCUT2D eigenvalue weighted by atomic mass is 9.48. The van der Waals surface area contributed by atoms with E-state index < -0.39 is 5.91 Å². The molecule has 3 aliphatic carbocycles. The standard InChI is InChI=1S/C19H28N2O2/c1-18-8-3-4-13(18)11-5-6-15-19(2,14(11)7-9-18)10-12(16(20)22)17(23)21-15/h10-11,13-15H,3-9H2,1-2H3,(H2,20,22)(H,21,23)/t11-,13-,14+,15?,18-,19+/m0/s1.